The van der Waals surface area contributed by atoms with Crippen molar-refractivity contribution < 1.29 is 33.4 Å². The summed E-state index contributed by atoms with van der Waals surface area (Å²) in [6.07, 6.45) is -0.100. The van der Waals surface area contributed by atoms with Crippen LogP contribution in [0, 0.1) is 0 Å². The van der Waals surface area contributed by atoms with E-state index in [4.69, 9.17) is 23.8 Å². The Kier molecular flexibility index (Phi) is 8.87. The summed E-state index contributed by atoms with van der Waals surface area (Å²) in [5, 5.41) is 31.9. The number of halogens is 2. The minimum absolute atomic E-state index is 0.100. The Hall–Kier alpha value is -4.03. The maximum atomic E-state index is 10.7. The number of carboxylic acid groups (broad SMARTS) is 2. The highest BCUT2D eigenvalue weighted by Crippen LogP contribution is 2.29. The van der Waals surface area contributed by atoms with Gasteiger partial charge in [-0.2, -0.15) is 0 Å². The van der Waals surface area contributed by atoms with Gasteiger partial charge in [-0.1, -0.05) is 83.7 Å². The Morgan fingerprint density at radius 3 is 1.68 bits per heavy atom. The molecule has 0 aliphatic rings. The number of aliphatic carboxylic acids is 2. The van der Waals surface area contributed by atoms with E-state index in [0.717, 1.165) is 32.8 Å². The fourth-order valence-corrected chi connectivity index (χ4v) is 4.18. The third-order valence-corrected chi connectivity index (χ3v) is 6.57. The molecule has 0 radical (unpaired) electrons. The van der Waals surface area contributed by atoms with Crippen LogP contribution in [-0.4, -0.2) is 37.6 Å². The van der Waals surface area contributed by atoms with Crippen molar-refractivity contribution in [2.45, 2.75) is 16.6 Å². The summed E-state index contributed by atoms with van der Waals surface area (Å²) >= 11 is 6.36. The van der Waals surface area contributed by atoms with E-state index in [1.165, 1.54) is 0 Å². The molecule has 0 fully saturated rings. The highest BCUT2D eigenvalue weighted by Gasteiger charge is 2.22. The first kappa shape index (κ1) is 27.0. The number of nitrogens with zero attached hydrogens (tertiary/aromatic N) is 3. The summed E-state index contributed by atoms with van der Waals surface area (Å²) in [7, 11) is 0. The van der Waals surface area contributed by atoms with Crippen molar-refractivity contribution in [2.75, 3.05) is 0 Å². The average molecular weight is 645 g/mol. The molecule has 3 aromatic heterocycles. The Bertz CT molecular complexity index is 1690. The minimum Gasteiger partial charge on any atom is -0.481 e. The zero-order chi connectivity index (χ0) is 27.1. The minimum atomic E-state index is -0.982. The fourth-order valence-electron chi connectivity index (χ4n) is 3.45. The third-order valence-electron chi connectivity index (χ3n) is 5.21. The molecule has 0 amide bonds. The molecule has 38 heavy (non-hydrogen) atoms. The van der Waals surface area contributed by atoms with Gasteiger partial charge in [-0.05, 0) is 36.4 Å². The Balaban J connectivity index is 0.000000134. The van der Waals surface area contributed by atoms with Gasteiger partial charge in [0.2, 0.25) is 0 Å². The first-order chi connectivity index (χ1) is 18.4. The molecule has 2 N–H and O–H groups in total. The number of carbonyl (C=O) groups is 2. The quantitative estimate of drug-likeness (QED) is 0.198. The van der Waals surface area contributed by atoms with Crippen LogP contribution >= 0.6 is 31.9 Å². The van der Waals surface area contributed by atoms with Crippen molar-refractivity contribution >= 4 is 76.7 Å². The summed E-state index contributed by atoms with van der Waals surface area (Å²) in [6.45, 7) is 0. The van der Waals surface area contributed by atoms with E-state index < -0.39 is 16.8 Å². The first-order valence-corrected chi connectivity index (χ1v) is 13.1. The monoisotopic (exact) mass is 643 g/mol. The van der Waals surface area contributed by atoms with Crippen molar-refractivity contribution in [1.29, 1.82) is 0 Å². The van der Waals surface area contributed by atoms with Gasteiger partial charge in [-0.25, -0.2) is 0 Å². The van der Waals surface area contributed by atoms with Crippen LogP contribution in [0.15, 0.2) is 86.4 Å². The lowest BCUT2D eigenvalue weighted by molar-refractivity contribution is -0.137. The summed E-state index contributed by atoms with van der Waals surface area (Å²) in [4.78, 5) is 20.3. The van der Waals surface area contributed by atoms with Crippen LogP contribution in [0.4, 0.5) is 0 Å². The molecule has 6 rings (SSSR count). The summed E-state index contributed by atoms with van der Waals surface area (Å²) in [5.41, 5.74) is 3.89. The predicted molar refractivity (Wildman–Crippen MR) is 145 cm³/mol. The van der Waals surface area contributed by atoms with Crippen LogP contribution in [0.3, 0.4) is 0 Å². The van der Waals surface area contributed by atoms with Crippen molar-refractivity contribution in [3.8, 4) is 0 Å². The van der Waals surface area contributed by atoms with E-state index in [-0.39, 0.29) is 6.42 Å². The standard InChI is InChI=1S/C9H6BrNO3.C9H7NO3.C8H6BrNO/c10-7(9(12)13)8-5-3-1-2-4-6(5)14-11-8;11-9(12)5-7-6-3-1-2-4-8(6)13-10-7;9-5-7-6-3-1-2-4-8(6)11-10-7/h1-4,7H,(H,12,13);1-4H,5H2,(H,11,12);1-4H,5H2. The molecule has 194 valence electrons. The van der Waals surface area contributed by atoms with Gasteiger partial charge in [0.05, 0.1) is 6.42 Å². The SMILES string of the molecule is BrCc1noc2ccccc12.O=C(O)C(Br)c1noc2ccccc12.O=C(O)Cc1noc2ccccc12. The Morgan fingerprint density at radius 2 is 1.16 bits per heavy atom. The van der Waals surface area contributed by atoms with Gasteiger partial charge < -0.3 is 23.8 Å². The highest BCUT2D eigenvalue weighted by molar-refractivity contribution is 9.09. The van der Waals surface area contributed by atoms with Crippen molar-refractivity contribution in [1.82, 2.24) is 15.5 Å². The molecule has 0 saturated carbocycles. The molecule has 6 aromatic rings. The van der Waals surface area contributed by atoms with E-state index >= 15 is 0 Å². The lowest BCUT2D eigenvalue weighted by Crippen LogP contribution is -2.04. The summed E-state index contributed by atoms with van der Waals surface area (Å²) in [5.74, 6) is -1.89. The molecule has 0 saturated heterocycles. The lowest BCUT2D eigenvalue weighted by Gasteiger charge is -1.98. The van der Waals surface area contributed by atoms with E-state index in [2.05, 4.69) is 47.3 Å². The maximum absolute atomic E-state index is 10.7. The third kappa shape index (κ3) is 6.26. The van der Waals surface area contributed by atoms with Gasteiger partial charge in [0, 0.05) is 21.5 Å². The van der Waals surface area contributed by atoms with Gasteiger partial charge in [0.25, 0.3) is 0 Å². The van der Waals surface area contributed by atoms with E-state index in [1.54, 1.807) is 30.3 Å². The molecule has 0 aliphatic carbocycles. The average Bonchev–Trinajstić information content (AvgIpc) is 3.66. The van der Waals surface area contributed by atoms with Gasteiger partial charge in [0.15, 0.2) is 21.6 Å². The number of rotatable bonds is 5. The highest BCUT2D eigenvalue weighted by atomic mass is 79.9. The Labute approximate surface area is 231 Å². The topological polar surface area (TPSA) is 153 Å². The molecule has 0 spiro atoms. The molecule has 0 aliphatic heterocycles. The summed E-state index contributed by atoms with van der Waals surface area (Å²) < 4.78 is 15.0. The normalized spacial score (nSPS) is 11.4. The summed E-state index contributed by atoms with van der Waals surface area (Å²) in [6, 6.07) is 22.2. The smallest absolute Gasteiger partial charge is 0.323 e. The maximum Gasteiger partial charge on any atom is 0.323 e. The number of hydrogen-bond donors (Lipinski definition) is 2. The molecule has 12 heteroatoms. The number of benzene rings is 3. The largest absolute Gasteiger partial charge is 0.481 e. The van der Waals surface area contributed by atoms with Crippen LogP contribution in [-0.2, 0) is 21.3 Å². The first-order valence-electron chi connectivity index (χ1n) is 11.0. The molecule has 3 aromatic carbocycles. The number of fused-ring (bicyclic) bond motifs is 3. The van der Waals surface area contributed by atoms with E-state index in [1.807, 2.05) is 42.5 Å². The van der Waals surface area contributed by atoms with E-state index in [0.29, 0.717) is 22.6 Å². The van der Waals surface area contributed by atoms with Gasteiger partial charge in [-0.15, -0.1) is 0 Å². The molecule has 1 unspecified atom stereocenters. The molecule has 10 nitrogen and oxygen atoms in total. The molecular formula is C26H19Br2N3O7. The molecule has 3 heterocycles. The second kappa shape index (κ2) is 12.5. The van der Waals surface area contributed by atoms with E-state index in [9.17, 15) is 9.59 Å². The number of alkyl halides is 2. The molecule has 0 bridgehead atoms. The second-order valence-corrected chi connectivity index (χ2v) is 9.20. The zero-order valence-electron chi connectivity index (χ0n) is 19.5. The van der Waals surface area contributed by atoms with Gasteiger partial charge in [0.1, 0.15) is 17.1 Å². The Morgan fingerprint density at radius 1 is 0.711 bits per heavy atom. The number of carboxylic acids is 2. The lowest BCUT2D eigenvalue weighted by atomic mass is 10.2. The number of hydrogen-bond acceptors (Lipinski definition) is 8. The fraction of sp³-hybridized carbons (Fsp3) is 0.115. The van der Waals surface area contributed by atoms with Gasteiger partial charge >= 0.3 is 11.9 Å². The van der Waals surface area contributed by atoms with Crippen LogP contribution in [0.2, 0.25) is 0 Å². The number of aromatic nitrogens is 3. The van der Waals surface area contributed by atoms with Crippen LogP contribution in [0.5, 0.6) is 0 Å². The molecule has 1 atom stereocenters. The zero-order valence-corrected chi connectivity index (χ0v) is 22.6. The van der Waals surface area contributed by atoms with Crippen LogP contribution in [0.1, 0.15) is 21.9 Å². The van der Waals surface area contributed by atoms with Crippen molar-refractivity contribution in [3.63, 3.8) is 0 Å². The molecular weight excluding hydrogens is 626 g/mol. The second-order valence-electron chi connectivity index (χ2n) is 7.72. The van der Waals surface area contributed by atoms with Crippen LogP contribution in [0.25, 0.3) is 32.9 Å². The van der Waals surface area contributed by atoms with Gasteiger partial charge in [-0.3, -0.25) is 9.59 Å². The predicted octanol–water partition coefficient (Wildman–Crippen LogP) is 6.53. The van der Waals surface area contributed by atoms with Crippen LogP contribution < -0.4 is 0 Å². The van der Waals surface area contributed by atoms with Crippen molar-refractivity contribution in [3.05, 3.63) is 89.9 Å². The van der Waals surface area contributed by atoms with Crippen molar-refractivity contribution in [2.24, 2.45) is 0 Å². The number of para-hydroxylation sites is 3.